The van der Waals surface area contributed by atoms with Crippen LogP contribution in [0.4, 0.5) is 4.39 Å². The highest BCUT2D eigenvalue weighted by Gasteiger charge is 2.58. The summed E-state index contributed by atoms with van der Waals surface area (Å²) in [6.45, 7) is 3.95. The summed E-state index contributed by atoms with van der Waals surface area (Å²) in [5, 5.41) is 10.3. The lowest BCUT2D eigenvalue weighted by molar-refractivity contribution is 0.0848. The van der Waals surface area contributed by atoms with Gasteiger partial charge in [-0.3, -0.25) is 0 Å². The fraction of sp³-hybridized carbons (Fsp3) is 0.769. The van der Waals surface area contributed by atoms with Gasteiger partial charge >= 0.3 is 0 Å². The van der Waals surface area contributed by atoms with E-state index in [1.165, 1.54) is 0 Å². The molecule has 3 nitrogen and oxygen atoms in total. The number of aromatic nitrogens is 2. The topological polar surface area (TPSA) is 38.1 Å². The van der Waals surface area contributed by atoms with Crippen molar-refractivity contribution in [1.29, 1.82) is 0 Å². The molecule has 0 radical (unpaired) electrons. The Labute approximate surface area is 120 Å². The minimum Gasteiger partial charge on any atom is -0.385 e. The molecule has 1 unspecified atom stereocenters. The van der Waals surface area contributed by atoms with Gasteiger partial charge in [0.2, 0.25) is 0 Å². The van der Waals surface area contributed by atoms with E-state index in [0.717, 1.165) is 16.5 Å². The fourth-order valence-electron chi connectivity index (χ4n) is 3.41. The summed E-state index contributed by atoms with van der Waals surface area (Å²) in [5.74, 6) is 1.06. The highest BCUT2D eigenvalue weighted by atomic mass is 127. The van der Waals surface area contributed by atoms with Crippen molar-refractivity contribution >= 4 is 22.6 Å². The van der Waals surface area contributed by atoms with Gasteiger partial charge in [-0.25, -0.2) is 9.37 Å². The molecule has 4 rings (SSSR count). The second-order valence-electron chi connectivity index (χ2n) is 6.09. The standard InChI is InChI=1S/C13H18FIN2O/c1-7(2)11(18)12-16-10(15)6-17(12)13-3-8(4-13)9(14)5-13/h6-9,11,18H,3-5H2,1-2H3/t8?,9-,11?,13?/m0/s1. The lowest BCUT2D eigenvalue weighted by Crippen LogP contribution is -2.40. The Balaban J connectivity index is 1.98. The van der Waals surface area contributed by atoms with Crippen LogP contribution >= 0.6 is 22.6 Å². The van der Waals surface area contributed by atoms with Crippen molar-refractivity contribution < 1.29 is 9.50 Å². The summed E-state index contributed by atoms with van der Waals surface area (Å²) >= 11 is 2.16. The smallest absolute Gasteiger partial charge is 0.139 e. The van der Waals surface area contributed by atoms with E-state index in [1.54, 1.807) is 0 Å². The highest BCUT2D eigenvalue weighted by molar-refractivity contribution is 14.1. The van der Waals surface area contributed by atoms with Crippen LogP contribution in [-0.2, 0) is 5.54 Å². The number of alkyl halides is 1. The number of nitrogens with zero attached hydrogens (tertiary/aromatic N) is 2. The molecule has 3 aliphatic carbocycles. The van der Waals surface area contributed by atoms with Gasteiger partial charge in [-0.1, -0.05) is 13.8 Å². The van der Waals surface area contributed by atoms with Gasteiger partial charge in [0.1, 0.15) is 21.8 Å². The lowest BCUT2D eigenvalue weighted by atomic mass is 9.76. The molecule has 0 spiro atoms. The molecule has 2 bridgehead atoms. The molecule has 3 aliphatic rings. The van der Waals surface area contributed by atoms with Crippen molar-refractivity contribution in [3.8, 4) is 0 Å². The molecule has 0 aromatic carbocycles. The van der Waals surface area contributed by atoms with E-state index in [-0.39, 0.29) is 17.4 Å². The average Bonchev–Trinajstić information content (AvgIpc) is 2.86. The second-order valence-corrected chi connectivity index (χ2v) is 7.20. The molecule has 1 N–H and O–H groups in total. The minimum absolute atomic E-state index is 0.105. The van der Waals surface area contributed by atoms with Gasteiger partial charge in [0.05, 0.1) is 0 Å². The van der Waals surface area contributed by atoms with E-state index in [4.69, 9.17) is 0 Å². The van der Waals surface area contributed by atoms with Crippen LogP contribution in [0.1, 0.15) is 45.0 Å². The van der Waals surface area contributed by atoms with Gasteiger partial charge in [0.25, 0.3) is 0 Å². The number of fused-ring (bicyclic) bond motifs is 1. The van der Waals surface area contributed by atoms with Gasteiger partial charge in [0, 0.05) is 18.2 Å². The molecule has 0 aliphatic heterocycles. The Bertz CT molecular complexity index is 468. The molecule has 2 atom stereocenters. The normalized spacial score (nSPS) is 35.9. The summed E-state index contributed by atoms with van der Waals surface area (Å²) in [4.78, 5) is 4.45. The Morgan fingerprint density at radius 1 is 1.50 bits per heavy atom. The van der Waals surface area contributed by atoms with Crippen molar-refractivity contribution in [2.75, 3.05) is 0 Å². The first-order chi connectivity index (χ1) is 8.43. The molecule has 100 valence electrons. The summed E-state index contributed by atoms with van der Waals surface area (Å²) < 4.78 is 16.6. The van der Waals surface area contributed by atoms with Gasteiger partial charge in [-0.15, -0.1) is 0 Å². The Hall–Kier alpha value is -0.170. The zero-order valence-corrected chi connectivity index (χ0v) is 12.8. The molecule has 3 fully saturated rings. The van der Waals surface area contributed by atoms with Gasteiger partial charge in [0.15, 0.2) is 0 Å². The SMILES string of the molecule is CC(C)C(O)c1nc(I)cn1C12CC(C1)[C@@H](F)C2. The van der Waals surface area contributed by atoms with Crippen LogP contribution in [0.2, 0.25) is 0 Å². The third-order valence-corrected chi connectivity index (χ3v) is 5.00. The first kappa shape index (κ1) is 12.8. The maximum atomic E-state index is 13.7. The lowest BCUT2D eigenvalue weighted by Gasteiger charge is -2.40. The Kier molecular flexibility index (Phi) is 2.97. The predicted octanol–water partition coefficient (Wildman–Crippen LogP) is 3.02. The quantitative estimate of drug-likeness (QED) is 0.838. The summed E-state index contributed by atoms with van der Waals surface area (Å²) in [5.41, 5.74) is -0.105. The van der Waals surface area contributed by atoms with Crippen LogP contribution in [-0.4, -0.2) is 20.8 Å². The van der Waals surface area contributed by atoms with Gasteiger partial charge in [-0.2, -0.15) is 0 Å². The first-order valence-corrected chi connectivity index (χ1v) is 7.58. The molecular weight excluding hydrogens is 346 g/mol. The number of halogens is 2. The van der Waals surface area contributed by atoms with Crippen LogP contribution in [0, 0.1) is 15.5 Å². The van der Waals surface area contributed by atoms with E-state index in [1.807, 2.05) is 20.0 Å². The van der Waals surface area contributed by atoms with Crippen LogP contribution < -0.4 is 0 Å². The molecule has 1 aromatic heterocycles. The average molecular weight is 364 g/mol. The van der Waals surface area contributed by atoms with E-state index in [9.17, 15) is 9.50 Å². The minimum atomic E-state index is -0.672. The van der Waals surface area contributed by atoms with E-state index in [2.05, 4.69) is 32.1 Å². The van der Waals surface area contributed by atoms with E-state index in [0.29, 0.717) is 12.2 Å². The summed E-state index contributed by atoms with van der Waals surface area (Å²) in [6, 6.07) is 0. The first-order valence-electron chi connectivity index (χ1n) is 6.50. The van der Waals surface area contributed by atoms with Crippen molar-refractivity contribution in [1.82, 2.24) is 9.55 Å². The van der Waals surface area contributed by atoms with Crippen molar-refractivity contribution in [2.45, 2.75) is 50.9 Å². The van der Waals surface area contributed by atoms with Crippen molar-refractivity contribution in [2.24, 2.45) is 11.8 Å². The van der Waals surface area contributed by atoms with Crippen molar-refractivity contribution in [3.05, 3.63) is 15.7 Å². The largest absolute Gasteiger partial charge is 0.385 e. The maximum absolute atomic E-state index is 13.7. The Morgan fingerprint density at radius 3 is 2.67 bits per heavy atom. The molecule has 5 heteroatoms. The van der Waals surface area contributed by atoms with Gasteiger partial charge < -0.3 is 9.67 Å². The zero-order valence-electron chi connectivity index (χ0n) is 10.6. The Morgan fingerprint density at radius 2 is 2.17 bits per heavy atom. The number of aliphatic hydroxyl groups excluding tert-OH is 1. The third-order valence-electron chi connectivity index (χ3n) is 4.48. The molecule has 0 saturated heterocycles. The number of rotatable bonds is 3. The maximum Gasteiger partial charge on any atom is 0.139 e. The third kappa shape index (κ3) is 1.73. The number of aliphatic hydroxyl groups is 1. The molecule has 1 heterocycles. The van der Waals surface area contributed by atoms with Crippen LogP contribution in [0.25, 0.3) is 0 Å². The van der Waals surface area contributed by atoms with Crippen LogP contribution in [0.15, 0.2) is 6.20 Å². The summed E-state index contributed by atoms with van der Waals surface area (Å²) in [6.07, 6.45) is 3.11. The molecule has 3 saturated carbocycles. The van der Waals surface area contributed by atoms with Gasteiger partial charge in [-0.05, 0) is 47.3 Å². The zero-order chi connectivity index (χ0) is 13.1. The highest BCUT2D eigenvalue weighted by Crippen LogP contribution is 2.58. The number of hydrogen-bond donors (Lipinski definition) is 1. The van der Waals surface area contributed by atoms with E-state index < -0.39 is 12.3 Å². The monoisotopic (exact) mass is 364 g/mol. The molecule has 0 amide bonds. The number of hydrogen-bond acceptors (Lipinski definition) is 2. The van der Waals surface area contributed by atoms with E-state index >= 15 is 0 Å². The fourth-order valence-corrected chi connectivity index (χ4v) is 3.94. The second kappa shape index (κ2) is 4.16. The molecule has 18 heavy (non-hydrogen) atoms. The number of imidazole rings is 1. The summed E-state index contributed by atoms with van der Waals surface area (Å²) in [7, 11) is 0. The van der Waals surface area contributed by atoms with Crippen molar-refractivity contribution in [3.63, 3.8) is 0 Å². The van der Waals surface area contributed by atoms with Crippen LogP contribution in [0.5, 0.6) is 0 Å². The predicted molar refractivity (Wildman–Crippen MR) is 75.0 cm³/mol. The van der Waals surface area contributed by atoms with Crippen LogP contribution in [0.3, 0.4) is 0 Å². The molecular formula is C13H18FIN2O. The molecule has 1 aromatic rings.